The first-order valence-corrected chi connectivity index (χ1v) is 5.46. The van der Waals surface area contributed by atoms with Crippen molar-refractivity contribution in [2.75, 3.05) is 0 Å². The van der Waals surface area contributed by atoms with Crippen LogP contribution in [-0.4, -0.2) is 13.2 Å². The third-order valence-electron chi connectivity index (χ3n) is 1.95. The van der Waals surface area contributed by atoms with E-state index in [2.05, 4.69) is 13.8 Å². The summed E-state index contributed by atoms with van der Waals surface area (Å²) in [6.07, 6.45) is 0.182. The predicted molar refractivity (Wildman–Crippen MR) is 64.1 cm³/mol. The monoisotopic (exact) mass is 206 g/mol. The van der Waals surface area contributed by atoms with Gasteiger partial charge in [0.2, 0.25) is 0 Å². The predicted octanol–water partition coefficient (Wildman–Crippen LogP) is 3.39. The molecule has 0 atom stereocenters. The van der Waals surface area contributed by atoms with Gasteiger partial charge < -0.3 is 9.31 Å². The molecule has 82 valence electrons. The fourth-order valence-electron chi connectivity index (χ4n) is 1.22. The molecular formula is C12H19BO2. The van der Waals surface area contributed by atoms with E-state index in [1.54, 1.807) is 0 Å². The average Bonchev–Trinajstić information content (AvgIpc) is 2.17. The van der Waals surface area contributed by atoms with Crippen LogP contribution >= 0.6 is 0 Å². The topological polar surface area (TPSA) is 18.5 Å². The van der Waals surface area contributed by atoms with E-state index in [1.807, 2.05) is 44.2 Å². The van der Waals surface area contributed by atoms with Gasteiger partial charge in [-0.15, -0.1) is 0 Å². The SMILES string of the molecule is CC(C)OB(Oc1ccccc1)C(C)C. The lowest BCUT2D eigenvalue weighted by molar-refractivity contribution is 0.197. The Morgan fingerprint density at radius 3 is 2.07 bits per heavy atom. The Kier molecular flexibility index (Phi) is 4.69. The van der Waals surface area contributed by atoms with Crippen LogP contribution in [0, 0.1) is 0 Å². The number of hydrogen-bond acceptors (Lipinski definition) is 2. The molecule has 0 bridgehead atoms. The molecule has 2 nitrogen and oxygen atoms in total. The van der Waals surface area contributed by atoms with Crippen molar-refractivity contribution in [3.8, 4) is 5.75 Å². The van der Waals surface area contributed by atoms with E-state index < -0.39 is 0 Å². The Morgan fingerprint density at radius 1 is 1.00 bits per heavy atom. The summed E-state index contributed by atoms with van der Waals surface area (Å²) in [5, 5.41) is 0. The van der Waals surface area contributed by atoms with Crippen molar-refractivity contribution < 1.29 is 9.31 Å². The van der Waals surface area contributed by atoms with Gasteiger partial charge in [-0.2, -0.15) is 0 Å². The van der Waals surface area contributed by atoms with Gasteiger partial charge in [-0.3, -0.25) is 0 Å². The van der Waals surface area contributed by atoms with Crippen LogP contribution in [0.2, 0.25) is 5.82 Å². The normalized spacial score (nSPS) is 10.8. The molecule has 1 aromatic carbocycles. The zero-order valence-corrected chi connectivity index (χ0v) is 9.94. The Balaban J connectivity index is 2.59. The van der Waals surface area contributed by atoms with Crippen LogP contribution in [0.5, 0.6) is 5.75 Å². The van der Waals surface area contributed by atoms with Gasteiger partial charge in [0.1, 0.15) is 5.75 Å². The van der Waals surface area contributed by atoms with Crippen LogP contribution in [0.4, 0.5) is 0 Å². The van der Waals surface area contributed by atoms with Crippen LogP contribution in [0.3, 0.4) is 0 Å². The summed E-state index contributed by atoms with van der Waals surface area (Å²) in [5.41, 5.74) is 0. The first-order valence-electron chi connectivity index (χ1n) is 5.46. The van der Waals surface area contributed by atoms with Gasteiger partial charge in [0.15, 0.2) is 0 Å². The van der Waals surface area contributed by atoms with Crippen molar-refractivity contribution in [1.29, 1.82) is 0 Å². The minimum absolute atomic E-state index is 0.174. The van der Waals surface area contributed by atoms with Crippen molar-refractivity contribution in [1.82, 2.24) is 0 Å². The van der Waals surface area contributed by atoms with Gasteiger partial charge >= 0.3 is 7.12 Å². The molecule has 0 aromatic heterocycles. The van der Waals surface area contributed by atoms with Gasteiger partial charge in [0, 0.05) is 11.9 Å². The van der Waals surface area contributed by atoms with E-state index in [4.69, 9.17) is 9.31 Å². The summed E-state index contributed by atoms with van der Waals surface area (Å²) in [6.45, 7) is 8.22. The zero-order chi connectivity index (χ0) is 11.3. The van der Waals surface area contributed by atoms with Crippen molar-refractivity contribution in [2.45, 2.75) is 39.6 Å². The Hall–Kier alpha value is -0.955. The van der Waals surface area contributed by atoms with E-state index in [1.165, 1.54) is 0 Å². The minimum atomic E-state index is -0.174. The molecule has 0 N–H and O–H groups in total. The van der Waals surface area contributed by atoms with Crippen LogP contribution in [0.15, 0.2) is 30.3 Å². The summed E-state index contributed by atoms with van der Waals surface area (Å²) in [6, 6.07) is 9.78. The highest BCUT2D eigenvalue weighted by molar-refractivity contribution is 6.47. The molecule has 1 aromatic rings. The summed E-state index contributed by atoms with van der Waals surface area (Å²) < 4.78 is 11.5. The third-order valence-corrected chi connectivity index (χ3v) is 1.95. The maximum absolute atomic E-state index is 5.76. The summed E-state index contributed by atoms with van der Waals surface area (Å²) in [5.74, 6) is 1.20. The van der Waals surface area contributed by atoms with Gasteiger partial charge in [-0.05, 0) is 26.0 Å². The Morgan fingerprint density at radius 2 is 1.60 bits per heavy atom. The largest absolute Gasteiger partial charge is 0.536 e. The van der Waals surface area contributed by atoms with Gasteiger partial charge in [-0.25, -0.2) is 0 Å². The second-order valence-corrected chi connectivity index (χ2v) is 4.23. The highest BCUT2D eigenvalue weighted by atomic mass is 16.6. The second kappa shape index (κ2) is 5.81. The number of rotatable bonds is 5. The third kappa shape index (κ3) is 4.39. The quantitative estimate of drug-likeness (QED) is 0.687. The molecule has 0 heterocycles. The van der Waals surface area contributed by atoms with Gasteiger partial charge in [0.05, 0.1) is 0 Å². The molecule has 3 heteroatoms. The van der Waals surface area contributed by atoms with E-state index in [0.717, 1.165) is 5.75 Å². The molecule has 15 heavy (non-hydrogen) atoms. The van der Waals surface area contributed by atoms with Gasteiger partial charge in [0.25, 0.3) is 0 Å². The average molecular weight is 206 g/mol. The molecule has 0 spiro atoms. The van der Waals surface area contributed by atoms with Crippen LogP contribution in [0.1, 0.15) is 27.7 Å². The minimum Gasteiger partial charge on any atom is -0.536 e. The molecule has 0 radical (unpaired) electrons. The van der Waals surface area contributed by atoms with Crippen molar-refractivity contribution in [2.24, 2.45) is 0 Å². The molecule has 1 rings (SSSR count). The second-order valence-electron chi connectivity index (χ2n) is 4.23. The smallest absolute Gasteiger partial charge is 0.528 e. The molecule has 0 fully saturated rings. The lowest BCUT2D eigenvalue weighted by Gasteiger charge is -2.20. The van der Waals surface area contributed by atoms with E-state index in [-0.39, 0.29) is 13.2 Å². The fourth-order valence-corrected chi connectivity index (χ4v) is 1.22. The number of benzene rings is 1. The van der Waals surface area contributed by atoms with E-state index in [9.17, 15) is 0 Å². The van der Waals surface area contributed by atoms with Gasteiger partial charge in [-0.1, -0.05) is 32.0 Å². The molecule has 0 aliphatic carbocycles. The molecule has 0 aliphatic rings. The Bertz CT molecular complexity index is 272. The molecule has 0 saturated heterocycles. The van der Waals surface area contributed by atoms with Crippen molar-refractivity contribution in [3.63, 3.8) is 0 Å². The number of hydrogen-bond donors (Lipinski definition) is 0. The van der Waals surface area contributed by atoms with Crippen LogP contribution in [-0.2, 0) is 4.65 Å². The number of para-hydroxylation sites is 1. The highest BCUT2D eigenvalue weighted by Gasteiger charge is 2.26. The summed E-state index contributed by atoms with van der Waals surface area (Å²) in [7, 11) is -0.174. The standard InChI is InChI=1S/C12H19BO2/c1-10(2)13(14-11(3)4)15-12-8-6-5-7-9-12/h5-11H,1-4H3. The molecule has 0 unspecified atom stereocenters. The first-order chi connectivity index (χ1) is 7.09. The van der Waals surface area contributed by atoms with E-state index in [0.29, 0.717) is 5.82 Å². The fraction of sp³-hybridized carbons (Fsp3) is 0.500. The van der Waals surface area contributed by atoms with Crippen LogP contribution < -0.4 is 4.65 Å². The lowest BCUT2D eigenvalue weighted by atomic mass is 9.74. The van der Waals surface area contributed by atoms with Crippen molar-refractivity contribution in [3.05, 3.63) is 30.3 Å². The molecule has 0 amide bonds. The highest BCUT2D eigenvalue weighted by Crippen LogP contribution is 2.17. The summed E-state index contributed by atoms with van der Waals surface area (Å²) >= 11 is 0. The van der Waals surface area contributed by atoms with Crippen molar-refractivity contribution >= 4 is 7.12 Å². The molecule has 0 saturated carbocycles. The molecular weight excluding hydrogens is 187 g/mol. The van der Waals surface area contributed by atoms with Crippen LogP contribution in [0.25, 0.3) is 0 Å². The maximum atomic E-state index is 5.76. The van der Waals surface area contributed by atoms with E-state index >= 15 is 0 Å². The molecule has 0 aliphatic heterocycles. The zero-order valence-electron chi connectivity index (χ0n) is 9.94. The maximum Gasteiger partial charge on any atom is 0.528 e. The Labute approximate surface area is 92.7 Å². The first kappa shape index (κ1) is 12.1. The summed E-state index contributed by atoms with van der Waals surface area (Å²) in [4.78, 5) is 0. The lowest BCUT2D eigenvalue weighted by Crippen LogP contribution is -2.32.